The molecule has 34 heavy (non-hydrogen) atoms. The molecule has 1 aliphatic heterocycles. The molecule has 1 aliphatic rings. The highest BCUT2D eigenvalue weighted by Crippen LogP contribution is 2.29. The van der Waals surface area contributed by atoms with Crippen LogP contribution in [-0.4, -0.2) is 67.5 Å². The lowest BCUT2D eigenvalue weighted by Crippen LogP contribution is -2.49. The summed E-state index contributed by atoms with van der Waals surface area (Å²) < 4.78 is 35.6. The molecular weight excluding hydrogens is 445 g/mol. The summed E-state index contributed by atoms with van der Waals surface area (Å²) in [5.74, 6) is -1.00. The van der Waals surface area contributed by atoms with Crippen LogP contribution >= 0.6 is 0 Å². The molecule has 190 valence electrons. The average Bonchev–Trinajstić information content (AvgIpc) is 2.80. The van der Waals surface area contributed by atoms with E-state index in [2.05, 4.69) is 0 Å². The Bertz CT molecular complexity index is 808. The largest absolute Gasteiger partial charge is 0.458 e. The number of hydrogen-bond donors (Lipinski definition) is 0. The molecule has 9 heteroatoms. The highest BCUT2D eigenvalue weighted by Gasteiger charge is 2.39. The van der Waals surface area contributed by atoms with Crippen molar-refractivity contribution < 1.29 is 37.7 Å². The van der Waals surface area contributed by atoms with Crippen molar-refractivity contribution in [2.75, 3.05) is 20.4 Å². The Morgan fingerprint density at radius 1 is 1.24 bits per heavy atom. The molecule has 2 rings (SSSR count). The third kappa shape index (κ3) is 8.36. The van der Waals surface area contributed by atoms with Crippen LogP contribution in [-0.2, 0) is 35.0 Å². The number of aldehydes is 1. The molecule has 1 heterocycles. The molecule has 0 saturated carbocycles. The first-order chi connectivity index (χ1) is 16.1. The third-order valence-electron chi connectivity index (χ3n) is 5.59. The molecule has 1 saturated heterocycles. The zero-order chi connectivity index (χ0) is 25.3. The molecule has 1 fully saturated rings. The van der Waals surface area contributed by atoms with E-state index in [9.17, 15) is 18.8 Å². The van der Waals surface area contributed by atoms with E-state index in [1.807, 2.05) is 0 Å². The van der Waals surface area contributed by atoms with Gasteiger partial charge >= 0.3 is 12.1 Å². The maximum atomic E-state index is 13.4. The summed E-state index contributed by atoms with van der Waals surface area (Å²) >= 11 is 0. The molecule has 1 amide bonds. The predicted octanol–water partition coefficient (Wildman–Crippen LogP) is 3.89. The predicted molar refractivity (Wildman–Crippen MR) is 123 cm³/mol. The van der Waals surface area contributed by atoms with Crippen molar-refractivity contribution in [1.82, 2.24) is 4.90 Å². The number of nitrogens with zero attached hydrogens (tertiary/aromatic N) is 1. The van der Waals surface area contributed by atoms with Gasteiger partial charge in [0.1, 0.15) is 43.2 Å². The fourth-order valence-electron chi connectivity index (χ4n) is 4.14. The van der Waals surface area contributed by atoms with Gasteiger partial charge in [0.25, 0.3) is 0 Å². The minimum Gasteiger partial charge on any atom is -0.458 e. The van der Waals surface area contributed by atoms with Gasteiger partial charge in [-0.05, 0) is 70.6 Å². The molecule has 8 nitrogen and oxygen atoms in total. The molecule has 0 aliphatic carbocycles. The number of esters is 1. The molecule has 0 radical (unpaired) electrons. The number of halogens is 1. The Morgan fingerprint density at radius 2 is 1.91 bits per heavy atom. The first-order valence-electron chi connectivity index (χ1n) is 11.5. The quantitative estimate of drug-likeness (QED) is 0.316. The van der Waals surface area contributed by atoms with E-state index in [0.29, 0.717) is 32.0 Å². The first kappa shape index (κ1) is 27.7. The third-order valence-corrected chi connectivity index (χ3v) is 5.59. The van der Waals surface area contributed by atoms with E-state index in [1.54, 1.807) is 39.8 Å². The van der Waals surface area contributed by atoms with Crippen LogP contribution in [0, 0.1) is 11.7 Å². The lowest BCUT2D eigenvalue weighted by atomic mass is 9.86. The summed E-state index contributed by atoms with van der Waals surface area (Å²) in [6.45, 7) is 6.68. The standard InChI is InChI=1S/C25H36FNO7/c1-17-22(32-14-13-28)19(15-18-9-11-20(26)12-10-18)7-6-8-21(23(29)33-17)27(16-31-5)24(30)34-25(2,3)4/h9-13,17,19,21-22H,6-8,14-16H2,1-5H3. The van der Waals surface area contributed by atoms with Crippen LogP contribution in [0.25, 0.3) is 0 Å². The van der Waals surface area contributed by atoms with Gasteiger partial charge in [-0.3, -0.25) is 4.90 Å². The first-order valence-corrected chi connectivity index (χ1v) is 11.5. The smallest absolute Gasteiger partial charge is 0.412 e. The molecule has 4 unspecified atom stereocenters. The summed E-state index contributed by atoms with van der Waals surface area (Å²) in [5, 5.41) is 0. The number of carbonyl (C=O) groups excluding carboxylic acids is 3. The summed E-state index contributed by atoms with van der Waals surface area (Å²) in [5.41, 5.74) is 0.169. The van der Waals surface area contributed by atoms with Crippen molar-refractivity contribution >= 4 is 18.3 Å². The van der Waals surface area contributed by atoms with Gasteiger partial charge in [0, 0.05) is 7.11 Å². The van der Waals surface area contributed by atoms with E-state index < -0.39 is 35.9 Å². The number of cyclic esters (lactones) is 1. The topological polar surface area (TPSA) is 91.4 Å². The number of rotatable bonds is 8. The second-order valence-electron chi connectivity index (χ2n) is 9.51. The van der Waals surface area contributed by atoms with Crippen LogP contribution in [0.2, 0.25) is 0 Å². The Hall–Kier alpha value is -2.52. The molecule has 0 spiro atoms. The minimum atomic E-state index is -0.895. The molecule has 1 aromatic carbocycles. The van der Waals surface area contributed by atoms with Crippen LogP contribution < -0.4 is 0 Å². The van der Waals surface area contributed by atoms with Crippen molar-refractivity contribution in [3.05, 3.63) is 35.6 Å². The van der Waals surface area contributed by atoms with E-state index >= 15 is 0 Å². The van der Waals surface area contributed by atoms with Gasteiger partial charge in [-0.15, -0.1) is 0 Å². The second-order valence-corrected chi connectivity index (χ2v) is 9.51. The normalized spacial score (nSPS) is 23.8. The number of amides is 1. The van der Waals surface area contributed by atoms with E-state index in [-0.39, 0.29) is 25.1 Å². The lowest BCUT2D eigenvalue weighted by Gasteiger charge is -2.33. The molecule has 0 aromatic heterocycles. The summed E-state index contributed by atoms with van der Waals surface area (Å²) in [4.78, 5) is 38.2. The van der Waals surface area contributed by atoms with Crippen LogP contribution in [0.1, 0.15) is 52.5 Å². The molecule has 4 atom stereocenters. The van der Waals surface area contributed by atoms with Crippen molar-refractivity contribution in [2.45, 2.75) is 77.2 Å². The van der Waals surface area contributed by atoms with E-state index in [0.717, 1.165) is 5.56 Å². The monoisotopic (exact) mass is 481 g/mol. The number of carbonyl (C=O) groups is 3. The molecule has 0 N–H and O–H groups in total. The highest BCUT2D eigenvalue weighted by atomic mass is 19.1. The second kappa shape index (κ2) is 12.8. The van der Waals surface area contributed by atoms with Gasteiger partial charge in [0.2, 0.25) is 0 Å². The number of ether oxygens (including phenoxy) is 4. The molecule has 1 aromatic rings. The maximum Gasteiger partial charge on any atom is 0.412 e. The summed E-state index contributed by atoms with van der Waals surface area (Å²) in [7, 11) is 1.43. The maximum absolute atomic E-state index is 13.4. The van der Waals surface area contributed by atoms with Crippen LogP contribution in [0.15, 0.2) is 24.3 Å². The lowest BCUT2D eigenvalue weighted by molar-refractivity contribution is -0.166. The van der Waals surface area contributed by atoms with Gasteiger partial charge in [0.15, 0.2) is 0 Å². The van der Waals surface area contributed by atoms with Gasteiger partial charge in [0.05, 0.1) is 6.10 Å². The fourth-order valence-corrected chi connectivity index (χ4v) is 4.14. The molecule has 0 bridgehead atoms. The van der Waals surface area contributed by atoms with Crippen molar-refractivity contribution in [2.24, 2.45) is 5.92 Å². The Labute approximate surface area is 200 Å². The summed E-state index contributed by atoms with van der Waals surface area (Å²) in [6, 6.07) is 5.32. The number of benzene rings is 1. The zero-order valence-electron chi connectivity index (χ0n) is 20.6. The van der Waals surface area contributed by atoms with Crippen LogP contribution in [0.5, 0.6) is 0 Å². The Morgan fingerprint density at radius 3 is 2.50 bits per heavy atom. The minimum absolute atomic E-state index is 0.0932. The van der Waals surface area contributed by atoms with Gasteiger partial charge in [-0.2, -0.15) is 0 Å². The van der Waals surface area contributed by atoms with Crippen molar-refractivity contribution in [3.8, 4) is 0 Å². The van der Waals surface area contributed by atoms with Gasteiger partial charge < -0.3 is 23.7 Å². The van der Waals surface area contributed by atoms with Crippen molar-refractivity contribution in [3.63, 3.8) is 0 Å². The Balaban J connectivity index is 2.28. The SMILES string of the molecule is COCN(C(=O)OC(C)(C)C)C1CCCC(Cc2ccc(F)cc2)C(OCC=O)C(C)OC1=O. The number of hydrogen-bond acceptors (Lipinski definition) is 7. The number of methoxy groups -OCH3 is 1. The van der Waals surface area contributed by atoms with Crippen LogP contribution in [0.4, 0.5) is 9.18 Å². The Kier molecular flexibility index (Phi) is 10.4. The van der Waals surface area contributed by atoms with Gasteiger partial charge in [-0.1, -0.05) is 18.6 Å². The van der Waals surface area contributed by atoms with Crippen LogP contribution in [0.3, 0.4) is 0 Å². The van der Waals surface area contributed by atoms with Crippen molar-refractivity contribution in [1.29, 1.82) is 0 Å². The molecular formula is C25H36FNO7. The summed E-state index contributed by atoms with van der Waals surface area (Å²) in [6.07, 6.45) is 0.896. The zero-order valence-corrected chi connectivity index (χ0v) is 20.6. The highest BCUT2D eigenvalue weighted by molar-refractivity contribution is 5.81. The fraction of sp³-hybridized carbons (Fsp3) is 0.640. The van der Waals surface area contributed by atoms with E-state index in [1.165, 1.54) is 24.1 Å². The van der Waals surface area contributed by atoms with Gasteiger partial charge in [-0.25, -0.2) is 14.0 Å². The van der Waals surface area contributed by atoms with E-state index in [4.69, 9.17) is 18.9 Å². The average molecular weight is 482 g/mol.